The monoisotopic (exact) mass is 196 g/mol. The lowest BCUT2D eigenvalue weighted by molar-refractivity contribution is 0.0498. The molecule has 0 fully saturated rings. The fourth-order valence-electron chi connectivity index (χ4n) is 1.57. The number of nitrogens with one attached hydrogen (secondary N) is 2. The highest BCUT2D eigenvalue weighted by molar-refractivity contribution is 5.07. The largest absolute Gasteiger partial charge is 0.389 e. The second kappa shape index (κ2) is 5.17. The van der Waals surface area contributed by atoms with Crippen LogP contribution >= 0.6 is 0 Å². The lowest BCUT2D eigenvalue weighted by atomic mass is 10.0. The van der Waals surface area contributed by atoms with Crippen LogP contribution in [0, 0.1) is 0 Å². The van der Waals surface area contributed by atoms with Crippen molar-refractivity contribution in [1.29, 1.82) is 0 Å². The lowest BCUT2D eigenvalue weighted by Crippen LogP contribution is -2.37. The normalized spacial score (nSPS) is 15.4. The third kappa shape index (κ3) is 3.94. The molecule has 14 heavy (non-hydrogen) atoms. The summed E-state index contributed by atoms with van der Waals surface area (Å²) in [4.78, 5) is 3.00. The second-order valence-electron chi connectivity index (χ2n) is 4.07. The van der Waals surface area contributed by atoms with Crippen LogP contribution in [-0.4, -0.2) is 22.2 Å². The van der Waals surface area contributed by atoms with E-state index in [1.165, 1.54) is 5.56 Å². The average Bonchev–Trinajstić information content (AvgIpc) is 2.56. The number of H-pyrrole nitrogens is 1. The van der Waals surface area contributed by atoms with Crippen LogP contribution in [0.3, 0.4) is 0 Å². The standard InChI is InChI=1S/C11H20N2O/c1-3-5-11(2,14)9-13-8-10-4-6-12-7-10/h4,6-7,12-14H,3,5,8-9H2,1-2H3. The lowest BCUT2D eigenvalue weighted by Gasteiger charge is -2.22. The molecule has 3 nitrogen and oxygen atoms in total. The van der Waals surface area contributed by atoms with E-state index in [1.807, 2.05) is 25.4 Å². The minimum Gasteiger partial charge on any atom is -0.389 e. The van der Waals surface area contributed by atoms with Crippen LogP contribution < -0.4 is 5.32 Å². The Morgan fingerprint density at radius 2 is 2.36 bits per heavy atom. The van der Waals surface area contributed by atoms with Gasteiger partial charge in [0.05, 0.1) is 5.60 Å². The summed E-state index contributed by atoms with van der Waals surface area (Å²) < 4.78 is 0. The molecule has 1 aromatic rings. The van der Waals surface area contributed by atoms with Crippen molar-refractivity contribution < 1.29 is 5.11 Å². The zero-order valence-electron chi connectivity index (χ0n) is 9.01. The molecular weight excluding hydrogens is 176 g/mol. The number of aliphatic hydroxyl groups is 1. The van der Waals surface area contributed by atoms with E-state index < -0.39 is 5.60 Å². The van der Waals surface area contributed by atoms with Crippen molar-refractivity contribution in [2.24, 2.45) is 0 Å². The van der Waals surface area contributed by atoms with Crippen LogP contribution in [0.25, 0.3) is 0 Å². The topological polar surface area (TPSA) is 48.0 Å². The van der Waals surface area contributed by atoms with Crippen LogP contribution in [0.4, 0.5) is 0 Å². The Morgan fingerprint density at radius 3 is 2.93 bits per heavy atom. The van der Waals surface area contributed by atoms with Gasteiger partial charge in [0.15, 0.2) is 0 Å². The second-order valence-corrected chi connectivity index (χ2v) is 4.07. The molecule has 80 valence electrons. The molecule has 0 aromatic carbocycles. The van der Waals surface area contributed by atoms with Gasteiger partial charge in [0, 0.05) is 25.5 Å². The summed E-state index contributed by atoms with van der Waals surface area (Å²) >= 11 is 0. The first-order valence-electron chi connectivity index (χ1n) is 5.19. The van der Waals surface area contributed by atoms with Gasteiger partial charge < -0.3 is 15.4 Å². The van der Waals surface area contributed by atoms with Crippen molar-refractivity contribution in [2.45, 2.75) is 38.8 Å². The van der Waals surface area contributed by atoms with Gasteiger partial charge in [0.1, 0.15) is 0 Å². The Morgan fingerprint density at radius 1 is 1.57 bits per heavy atom. The molecule has 0 radical (unpaired) electrons. The van der Waals surface area contributed by atoms with E-state index in [1.54, 1.807) is 0 Å². The highest BCUT2D eigenvalue weighted by Crippen LogP contribution is 2.10. The molecule has 0 bridgehead atoms. The number of rotatable bonds is 6. The van der Waals surface area contributed by atoms with Gasteiger partial charge in [-0.1, -0.05) is 13.3 Å². The van der Waals surface area contributed by atoms with Crippen LogP contribution in [0.5, 0.6) is 0 Å². The van der Waals surface area contributed by atoms with Crippen LogP contribution in [0.2, 0.25) is 0 Å². The van der Waals surface area contributed by atoms with E-state index >= 15 is 0 Å². The summed E-state index contributed by atoms with van der Waals surface area (Å²) in [6.45, 7) is 5.41. The fourth-order valence-corrected chi connectivity index (χ4v) is 1.57. The van der Waals surface area contributed by atoms with Gasteiger partial charge in [0.25, 0.3) is 0 Å². The molecule has 1 rings (SSSR count). The van der Waals surface area contributed by atoms with Crippen molar-refractivity contribution in [3.8, 4) is 0 Å². The molecule has 0 spiro atoms. The SMILES string of the molecule is CCCC(C)(O)CNCc1cc[nH]c1. The van der Waals surface area contributed by atoms with E-state index in [0.29, 0.717) is 6.54 Å². The third-order valence-corrected chi connectivity index (χ3v) is 2.29. The zero-order valence-corrected chi connectivity index (χ0v) is 9.01. The molecule has 0 aliphatic rings. The van der Waals surface area contributed by atoms with Gasteiger partial charge in [-0.15, -0.1) is 0 Å². The van der Waals surface area contributed by atoms with Crippen molar-refractivity contribution in [3.63, 3.8) is 0 Å². The fraction of sp³-hybridized carbons (Fsp3) is 0.636. The van der Waals surface area contributed by atoms with Crippen LogP contribution in [0.1, 0.15) is 32.3 Å². The number of hydrogen-bond acceptors (Lipinski definition) is 2. The van der Waals surface area contributed by atoms with E-state index in [-0.39, 0.29) is 0 Å². The Kier molecular flexibility index (Phi) is 4.17. The Hall–Kier alpha value is -0.800. The first-order valence-corrected chi connectivity index (χ1v) is 5.19. The third-order valence-electron chi connectivity index (χ3n) is 2.29. The van der Waals surface area contributed by atoms with Crippen molar-refractivity contribution in [1.82, 2.24) is 10.3 Å². The number of hydrogen-bond donors (Lipinski definition) is 3. The minimum atomic E-state index is -0.578. The average molecular weight is 196 g/mol. The molecule has 3 heteroatoms. The highest BCUT2D eigenvalue weighted by atomic mass is 16.3. The van der Waals surface area contributed by atoms with Gasteiger partial charge in [-0.2, -0.15) is 0 Å². The molecule has 0 amide bonds. The number of aromatic nitrogens is 1. The summed E-state index contributed by atoms with van der Waals surface area (Å²) in [5, 5.41) is 13.1. The van der Waals surface area contributed by atoms with Crippen molar-refractivity contribution in [3.05, 3.63) is 24.0 Å². The summed E-state index contributed by atoms with van der Waals surface area (Å²) in [6, 6.07) is 2.03. The molecule has 0 saturated heterocycles. The maximum Gasteiger partial charge on any atom is 0.0743 e. The quantitative estimate of drug-likeness (QED) is 0.648. The molecule has 1 atom stereocenters. The van der Waals surface area contributed by atoms with E-state index in [0.717, 1.165) is 19.4 Å². The van der Waals surface area contributed by atoms with Crippen LogP contribution in [0.15, 0.2) is 18.5 Å². The van der Waals surface area contributed by atoms with Crippen molar-refractivity contribution >= 4 is 0 Å². The first kappa shape index (κ1) is 11.3. The summed E-state index contributed by atoms with van der Waals surface area (Å²) in [5.74, 6) is 0. The first-order chi connectivity index (χ1) is 6.64. The van der Waals surface area contributed by atoms with Gasteiger partial charge in [-0.25, -0.2) is 0 Å². The maximum absolute atomic E-state index is 9.87. The molecule has 0 saturated carbocycles. The smallest absolute Gasteiger partial charge is 0.0743 e. The number of aromatic amines is 1. The van der Waals surface area contributed by atoms with E-state index in [9.17, 15) is 5.11 Å². The van der Waals surface area contributed by atoms with E-state index in [4.69, 9.17) is 0 Å². The van der Waals surface area contributed by atoms with Gasteiger partial charge in [-0.05, 0) is 25.0 Å². The predicted molar refractivity (Wildman–Crippen MR) is 58.0 cm³/mol. The van der Waals surface area contributed by atoms with Crippen LogP contribution in [-0.2, 0) is 6.54 Å². The zero-order chi connectivity index (χ0) is 10.4. The molecule has 3 N–H and O–H groups in total. The maximum atomic E-state index is 9.87. The summed E-state index contributed by atoms with van der Waals surface area (Å²) in [6.07, 6.45) is 5.72. The molecule has 0 aliphatic heterocycles. The van der Waals surface area contributed by atoms with Gasteiger partial charge >= 0.3 is 0 Å². The minimum absolute atomic E-state index is 0.578. The predicted octanol–water partition coefficient (Wildman–Crippen LogP) is 1.66. The summed E-state index contributed by atoms with van der Waals surface area (Å²) in [5.41, 5.74) is 0.641. The Labute approximate surface area is 85.5 Å². The van der Waals surface area contributed by atoms with Gasteiger partial charge in [0.2, 0.25) is 0 Å². The Bertz CT molecular complexity index is 242. The van der Waals surface area contributed by atoms with E-state index in [2.05, 4.69) is 17.2 Å². The molecule has 1 aromatic heterocycles. The highest BCUT2D eigenvalue weighted by Gasteiger charge is 2.17. The molecule has 1 unspecified atom stereocenters. The van der Waals surface area contributed by atoms with Crippen molar-refractivity contribution in [2.75, 3.05) is 6.54 Å². The summed E-state index contributed by atoms with van der Waals surface area (Å²) in [7, 11) is 0. The molecule has 0 aliphatic carbocycles. The Balaban J connectivity index is 2.20. The molecule has 1 heterocycles. The molecular formula is C11H20N2O. The van der Waals surface area contributed by atoms with Gasteiger partial charge in [-0.3, -0.25) is 0 Å².